The second-order valence-electron chi connectivity index (χ2n) is 4.87. The Kier molecular flexibility index (Phi) is 3.58. The molecule has 1 N–H and O–H groups in total. The molecular formula is C16H16BrNO. The van der Waals surface area contributed by atoms with Gasteiger partial charge in [0.25, 0.3) is 0 Å². The molecule has 0 spiro atoms. The monoisotopic (exact) mass is 317 g/mol. The molecular weight excluding hydrogens is 302 g/mol. The lowest BCUT2D eigenvalue weighted by molar-refractivity contribution is 0.282. The van der Waals surface area contributed by atoms with E-state index in [9.17, 15) is 5.11 Å². The summed E-state index contributed by atoms with van der Waals surface area (Å²) in [6, 6.07) is 14.7. The number of halogens is 1. The lowest BCUT2D eigenvalue weighted by atomic mass is 9.99. The molecule has 19 heavy (non-hydrogen) atoms. The van der Waals surface area contributed by atoms with E-state index in [0.717, 1.165) is 35.2 Å². The zero-order valence-electron chi connectivity index (χ0n) is 10.6. The lowest BCUT2D eigenvalue weighted by Crippen LogP contribution is -2.31. The fourth-order valence-electron chi connectivity index (χ4n) is 2.67. The Balaban J connectivity index is 1.95. The normalized spacial score (nSPS) is 14.3. The van der Waals surface area contributed by atoms with Crippen LogP contribution in [0.3, 0.4) is 0 Å². The number of fused-ring (bicyclic) bond motifs is 1. The summed E-state index contributed by atoms with van der Waals surface area (Å²) >= 11 is 3.52. The van der Waals surface area contributed by atoms with Gasteiger partial charge in [-0.15, -0.1) is 0 Å². The summed E-state index contributed by atoms with van der Waals surface area (Å²) in [7, 11) is 0. The third-order valence-electron chi connectivity index (χ3n) is 3.69. The Hall–Kier alpha value is -1.32. The predicted molar refractivity (Wildman–Crippen MR) is 81.3 cm³/mol. The molecule has 0 aromatic heterocycles. The molecule has 1 aliphatic heterocycles. The molecule has 0 atom stereocenters. The van der Waals surface area contributed by atoms with Gasteiger partial charge in [-0.1, -0.05) is 46.3 Å². The molecule has 3 rings (SSSR count). The van der Waals surface area contributed by atoms with Gasteiger partial charge < -0.3 is 10.0 Å². The van der Waals surface area contributed by atoms with Gasteiger partial charge in [-0.05, 0) is 29.7 Å². The first kappa shape index (κ1) is 12.7. The summed E-state index contributed by atoms with van der Waals surface area (Å²) in [5, 5.41) is 9.49. The summed E-state index contributed by atoms with van der Waals surface area (Å²) in [5.41, 5.74) is 4.95. The van der Waals surface area contributed by atoms with Gasteiger partial charge in [0.05, 0.1) is 6.61 Å². The molecule has 0 fully saturated rings. The number of hydrogen-bond acceptors (Lipinski definition) is 2. The van der Waals surface area contributed by atoms with Gasteiger partial charge >= 0.3 is 0 Å². The molecule has 0 bridgehead atoms. The molecule has 2 aromatic carbocycles. The largest absolute Gasteiger partial charge is 0.392 e. The van der Waals surface area contributed by atoms with Crippen molar-refractivity contribution in [2.45, 2.75) is 19.6 Å². The number of aliphatic hydroxyl groups is 1. The molecule has 0 aliphatic carbocycles. The molecule has 98 valence electrons. The number of anilines is 1. The highest BCUT2D eigenvalue weighted by Crippen LogP contribution is 2.29. The van der Waals surface area contributed by atoms with Gasteiger partial charge in [0.15, 0.2) is 0 Å². The van der Waals surface area contributed by atoms with Crippen LogP contribution in [0.4, 0.5) is 5.69 Å². The van der Waals surface area contributed by atoms with E-state index in [-0.39, 0.29) is 6.61 Å². The van der Waals surface area contributed by atoms with E-state index in [1.807, 2.05) is 12.1 Å². The van der Waals surface area contributed by atoms with E-state index < -0.39 is 0 Å². The molecule has 1 aliphatic rings. The average Bonchev–Trinajstić information content (AvgIpc) is 2.46. The van der Waals surface area contributed by atoms with Crippen LogP contribution in [-0.4, -0.2) is 11.7 Å². The Morgan fingerprint density at radius 2 is 1.89 bits per heavy atom. The highest BCUT2D eigenvalue weighted by atomic mass is 79.9. The number of aliphatic hydroxyl groups excluding tert-OH is 1. The van der Waals surface area contributed by atoms with Gasteiger partial charge in [0.2, 0.25) is 0 Å². The Morgan fingerprint density at radius 3 is 2.68 bits per heavy atom. The highest BCUT2D eigenvalue weighted by molar-refractivity contribution is 9.10. The number of hydrogen-bond donors (Lipinski definition) is 1. The molecule has 0 saturated carbocycles. The van der Waals surface area contributed by atoms with Crippen LogP contribution in [-0.2, 0) is 19.6 Å². The van der Waals surface area contributed by atoms with Crippen molar-refractivity contribution in [1.29, 1.82) is 0 Å². The van der Waals surface area contributed by atoms with Crippen LogP contribution in [0.1, 0.15) is 16.7 Å². The Bertz CT molecular complexity index is 597. The van der Waals surface area contributed by atoms with Crippen molar-refractivity contribution in [3.8, 4) is 0 Å². The van der Waals surface area contributed by atoms with Gasteiger partial charge in [-0.25, -0.2) is 0 Å². The van der Waals surface area contributed by atoms with Crippen molar-refractivity contribution in [2.75, 3.05) is 11.4 Å². The second-order valence-corrected chi connectivity index (χ2v) is 5.79. The zero-order chi connectivity index (χ0) is 13.2. The first-order valence-corrected chi connectivity index (χ1v) is 7.28. The van der Waals surface area contributed by atoms with E-state index in [1.165, 1.54) is 11.1 Å². The quantitative estimate of drug-likeness (QED) is 0.916. The van der Waals surface area contributed by atoms with Crippen LogP contribution in [0.5, 0.6) is 0 Å². The van der Waals surface area contributed by atoms with E-state index in [1.54, 1.807) is 0 Å². The maximum atomic E-state index is 9.49. The van der Waals surface area contributed by atoms with Crippen molar-refractivity contribution in [2.24, 2.45) is 0 Å². The molecule has 0 unspecified atom stereocenters. The van der Waals surface area contributed by atoms with E-state index in [2.05, 4.69) is 51.2 Å². The third kappa shape index (κ3) is 2.53. The fraction of sp³-hybridized carbons (Fsp3) is 0.250. The molecule has 2 aromatic rings. The average molecular weight is 318 g/mol. The minimum atomic E-state index is 0.0841. The van der Waals surface area contributed by atoms with Crippen LogP contribution in [0.2, 0.25) is 0 Å². The standard InChI is InChI=1S/C16H16BrNO/c17-15-6-5-14(11-19)16(9-15)18-8-7-12-3-1-2-4-13(12)10-18/h1-6,9,19H,7-8,10-11H2. The van der Waals surface area contributed by atoms with Crippen LogP contribution in [0.25, 0.3) is 0 Å². The predicted octanol–water partition coefficient (Wildman–Crippen LogP) is 3.50. The third-order valence-corrected chi connectivity index (χ3v) is 4.18. The molecule has 2 nitrogen and oxygen atoms in total. The van der Waals surface area contributed by atoms with E-state index in [4.69, 9.17) is 0 Å². The zero-order valence-corrected chi connectivity index (χ0v) is 12.2. The molecule has 0 saturated heterocycles. The summed E-state index contributed by atoms with van der Waals surface area (Å²) in [6.07, 6.45) is 1.06. The summed E-state index contributed by atoms with van der Waals surface area (Å²) in [6.45, 7) is 2.00. The van der Waals surface area contributed by atoms with E-state index >= 15 is 0 Å². The molecule has 0 amide bonds. The minimum Gasteiger partial charge on any atom is -0.392 e. The smallest absolute Gasteiger partial charge is 0.0702 e. The van der Waals surface area contributed by atoms with Crippen molar-refractivity contribution >= 4 is 21.6 Å². The first-order valence-electron chi connectivity index (χ1n) is 6.49. The summed E-state index contributed by atoms with van der Waals surface area (Å²) in [5.74, 6) is 0. The second kappa shape index (κ2) is 5.35. The topological polar surface area (TPSA) is 23.5 Å². The number of rotatable bonds is 2. The van der Waals surface area contributed by atoms with Gasteiger partial charge in [0, 0.05) is 28.8 Å². The summed E-state index contributed by atoms with van der Waals surface area (Å²) in [4.78, 5) is 2.35. The maximum absolute atomic E-state index is 9.49. The van der Waals surface area contributed by atoms with Gasteiger partial charge in [0.1, 0.15) is 0 Å². The van der Waals surface area contributed by atoms with Crippen LogP contribution in [0.15, 0.2) is 46.9 Å². The van der Waals surface area contributed by atoms with Crippen molar-refractivity contribution in [3.63, 3.8) is 0 Å². The van der Waals surface area contributed by atoms with Crippen LogP contribution < -0.4 is 4.90 Å². The van der Waals surface area contributed by atoms with Gasteiger partial charge in [-0.2, -0.15) is 0 Å². The van der Waals surface area contributed by atoms with Crippen LogP contribution in [0, 0.1) is 0 Å². The van der Waals surface area contributed by atoms with E-state index in [0.29, 0.717) is 0 Å². The van der Waals surface area contributed by atoms with Crippen molar-refractivity contribution in [3.05, 3.63) is 63.6 Å². The Labute approximate surface area is 121 Å². The maximum Gasteiger partial charge on any atom is 0.0702 e. The summed E-state index contributed by atoms with van der Waals surface area (Å²) < 4.78 is 1.05. The van der Waals surface area contributed by atoms with Crippen molar-refractivity contribution in [1.82, 2.24) is 0 Å². The lowest BCUT2D eigenvalue weighted by Gasteiger charge is -2.32. The number of benzene rings is 2. The SMILES string of the molecule is OCc1ccc(Br)cc1N1CCc2ccccc2C1. The van der Waals surface area contributed by atoms with Crippen LogP contribution >= 0.6 is 15.9 Å². The van der Waals surface area contributed by atoms with Crippen molar-refractivity contribution < 1.29 is 5.11 Å². The molecule has 3 heteroatoms. The molecule has 1 heterocycles. The highest BCUT2D eigenvalue weighted by Gasteiger charge is 2.18. The Morgan fingerprint density at radius 1 is 1.11 bits per heavy atom. The fourth-order valence-corrected chi connectivity index (χ4v) is 3.02. The first-order chi connectivity index (χ1) is 9.28. The van der Waals surface area contributed by atoms with Gasteiger partial charge in [-0.3, -0.25) is 0 Å². The molecule has 0 radical (unpaired) electrons. The minimum absolute atomic E-state index is 0.0841. The number of nitrogens with zero attached hydrogens (tertiary/aromatic N) is 1.